The molecule has 8 nitrogen and oxygen atoms in total. The Kier molecular flexibility index (Phi) is 5.88. The van der Waals surface area contributed by atoms with Gasteiger partial charge in [-0.25, -0.2) is 9.67 Å². The second-order valence-corrected chi connectivity index (χ2v) is 7.97. The lowest BCUT2D eigenvalue weighted by Crippen LogP contribution is -2.29. The van der Waals surface area contributed by atoms with E-state index in [2.05, 4.69) is 15.4 Å². The number of hydrogen-bond donors (Lipinski definition) is 1. The van der Waals surface area contributed by atoms with Crippen LogP contribution in [0.4, 0.5) is 0 Å². The lowest BCUT2D eigenvalue weighted by molar-refractivity contribution is -0.123. The number of carbonyl (C=O) groups is 2. The van der Waals surface area contributed by atoms with Crippen LogP contribution in [0.5, 0.6) is 5.88 Å². The van der Waals surface area contributed by atoms with Crippen LogP contribution < -0.4 is 10.1 Å². The van der Waals surface area contributed by atoms with Crippen LogP contribution in [-0.4, -0.2) is 51.2 Å². The molecule has 1 saturated heterocycles. The van der Waals surface area contributed by atoms with Gasteiger partial charge in [-0.3, -0.25) is 9.59 Å². The molecule has 0 bridgehead atoms. The third kappa shape index (κ3) is 4.52. The van der Waals surface area contributed by atoms with E-state index in [1.165, 1.54) is 0 Å². The van der Waals surface area contributed by atoms with Crippen molar-refractivity contribution in [1.29, 1.82) is 0 Å². The highest BCUT2D eigenvalue weighted by atomic mass is 16.5. The number of rotatable bonds is 6. The number of nitrogens with one attached hydrogen (secondary N) is 1. The number of fused-ring (bicyclic) bond motifs is 1. The Hall–Kier alpha value is -3.42. The van der Waals surface area contributed by atoms with Crippen molar-refractivity contribution in [3.05, 3.63) is 52.7 Å². The van der Waals surface area contributed by atoms with Crippen LogP contribution in [0.15, 0.2) is 30.3 Å². The number of hydrogen-bond acceptors (Lipinski definition) is 5. The maximum absolute atomic E-state index is 12.6. The van der Waals surface area contributed by atoms with Gasteiger partial charge in [-0.2, -0.15) is 0 Å². The molecule has 4 rings (SSSR count). The summed E-state index contributed by atoms with van der Waals surface area (Å²) in [6.07, 6.45) is 2.12. The molecule has 0 radical (unpaired) electrons. The summed E-state index contributed by atoms with van der Waals surface area (Å²) < 4.78 is 7.35. The quantitative estimate of drug-likeness (QED) is 0.661. The zero-order chi connectivity index (χ0) is 22.0. The highest BCUT2D eigenvalue weighted by molar-refractivity contribution is 5.94. The summed E-state index contributed by atoms with van der Waals surface area (Å²) in [5.74, 6) is 0.193. The fourth-order valence-electron chi connectivity index (χ4n) is 3.95. The second kappa shape index (κ2) is 8.75. The van der Waals surface area contributed by atoms with Gasteiger partial charge < -0.3 is 15.0 Å². The summed E-state index contributed by atoms with van der Waals surface area (Å²) in [4.78, 5) is 31.3. The number of aryl methyl sites for hydroxylation is 3. The van der Waals surface area contributed by atoms with Crippen molar-refractivity contribution in [1.82, 2.24) is 25.0 Å². The molecule has 1 fully saturated rings. The van der Waals surface area contributed by atoms with Gasteiger partial charge in [0.05, 0.1) is 5.39 Å². The molecule has 0 saturated carbocycles. The minimum Gasteiger partial charge on any atom is -0.466 e. The summed E-state index contributed by atoms with van der Waals surface area (Å²) >= 11 is 0. The Bertz CT molecular complexity index is 1130. The Morgan fingerprint density at radius 1 is 1.16 bits per heavy atom. The van der Waals surface area contributed by atoms with E-state index >= 15 is 0 Å². The molecule has 1 N–H and O–H groups in total. The summed E-state index contributed by atoms with van der Waals surface area (Å²) in [5.41, 5.74) is 4.17. The maximum atomic E-state index is 12.6. The van der Waals surface area contributed by atoms with Gasteiger partial charge in [0.2, 0.25) is 5.88 Å². The molecule has 0 unspecified atom stereocenters. The molecule has 8 heteroatoms. The molecule has 0 aliphatic carbocycles. The van der Waals surface area contributed by atoms with Gasteiger partial charge in [0.15, 0.2) is 12.3 Å². The first-order chi connectivity index (χ1) is 14.9. The van der Waals surface area contributed by atoms with E-state index < -0.39 is 0 Å². The van der Waals surface area contributed by atoms with Crippen LogP contribution in [0.2, 0.25) is 0 Å². The summed E-state index contributed by atoms with van der Waals surface area (Å²) in [6.45, 7) is 5.71. The molecule has 0 spiro atoms. The van der Waals surface area contributed by atoms with Crippen LogP contribution in [0.3, 0.4) is 0 Å². The van der Waals surface area contributed by atoms with Crippen molar-refractivity contribution in [3.8, 4) is 5.88 Å². The highest BCUT2D eigenvalue weighted by Gasteiger charge is 2.20. The zero-order valence-corrected chi connectivity index (χ0v) is 18.1. The van der Waals surface area contributed by atoms with E-state index in [-0.39, 0.29) is 18.4 Å². The van der Waals surface area contributed by atoms with Crippen LogP contribution >= 0.6 is 0 Å². The Labute approximate surface area is 181 Å². The van der Waals surface area contributed by atoms with E-state index in [9.17, 15) is 9.59 Å². The number of pyridine rings is 1. The monoisotopic (exact) mass is 421 g/mol. The SMILES string of the molecule is Cc1cc(C)c2c(OCC(=O)NCc3cccc(C(=O)N4CCCC4)c3)nn(C)c2n1. The van der Waals surface area contributed by atoms with Crippen molar-refractivity contribution >= 4 is 22.8 Å². The van der Waals surface area contributed by atoms with E-state index in [4.69, 9.17) is 4.74 Å². The lowest BCUT2D eigenvalue weighted by atomic mass is 10.1. The van der Waals surface area contributed by atoms with Gasteiger partial charge >= 0.3 is 0 Å². The minimum atomic E-state index is -0.257. The van der Waals surface area contributed by atoms with Crippen LogP contribution in [0, 0.1) is 13.8 Å². The van der Waals surface area contributed by atoms with Gasteiger partial charge in [0.1, 0.15) is 0 Å². The van der Waals surface area contributed by atoms with Gasteiger partial charge in [-0.1, -0.05) is 12.1 Å². The van der Waals surface area contributed by atoms with Crippen LogP contribution in [-0.2, 0) is 18.4 Å². The van der Waals surface area contributed by atoms with Crippen LogP contribution in [0.1, 0.15) is 40.0 Å². The maximum Gasteiger partial charge on any atom is 0.258 e. The highest BCUT2D eigenvalue weighted by Crippen LogP contribution is 2.27. The first-order valence-electron chi connectivity index (χ1n) is 10.5. The number of likely N-dealkylation sites (tertiary alicyclic amines) is 1. The van der Waals surface area contributed by atoms with Gasteiger partial charge in [0.25, 0.3) is 11.8 Å². The minimum absolute atomic E-state index is 0.0512. The summed E-state index contributed by atoms with van der Waals surface area (Å²) in [7, 11) is 1.80. The van der Waals surface area contributed by atoms with Crippen molar-refractivity contribution in [2.24, 2.45) is 7.05 Å². The zero-order valence-electron chi connectivity index (χ0n) is 18.1. The van der Waals surface area contributed by atoms with Crippen molar-refractivity contribution in [2.45, 2.75) is 33.2 Å². The number of aromatic nitrogens is 3. The number of nitrogens with zero attached hydrogens (tertiary/aromatic N) is 4. The molecular weight excluding hydrogens is 394 g/mol. The van der Waals surface area contributed by atoms with Crippen molar-refractivity contribution in [3.63, 3.8) is 0 Å². The number of ether oxygens (including phenoxy) is 1. The van der Waals surface area contributed by atoms with Crippen molar-refractivity contribution < 1.29 is 14.3 Å². The molecule has 162 valence electrons. The molecule has 3 heterocycles. The number of carbonyl (C=O) groups excluding carboxylic acids is 2. The lowest BCUT2D eigenvalue weighted by Gasteiger charge is -2.15. The fraction of sp³-hybridized carbons (Fsp3) is 0.391. The first kappa shape index (κ1) is 20.8. The number of amides is 2. The Morgan fingerprint density at radius 2 is 1.94 bits per heavy atom. The third-order valence-corrected chi connectivity index (χ3v) is 5.48. The third-order valence-electron chi connectivity index (χ3n) is 5.48. The molecule has 2 aromatic heterocycles. The van der Waals surface area contributed by atoms with Gasteiger partial charge in [0, 0.05) is 37.9 Å². The standard InChI is InChI=1S/C23H27N5O3/c1-15-11-16(2)25-21-20(15)22(26-27(21)3)31-14-19(29)24-13-17-7-6-8-18(12-17)23(30)28-9-4-5-10-28/h6-8,11-12H,4-5,9-10,13-14H2,1-3H3,(H,24,29). The largest absolute Gasteiger partial charge is 0.466 e. The first-order valence-corrected chi connectivity index (χ1v) is 10.5. The second-order valence-electron chi connectivity index (χ2n) is 7.97. The Balaban J connectivity index is 1.36. The predicted molar refractivity (Wildman–Crippen MR) is 117 cm³/mol. The van der Waals surface area contributed by atoms with Gasteiger partial charge in [-0.05, 0) is 56.0 Å². The van der Waals surface area contributed by atoms with E-state index in [0.29, 0.717) is 18.0 Å². The smallest absolute Gasteiger partial charge is 0.258 e. The van der Waals surface area contributed by atoms with Crippen molar-refractivity contribution in [2.75, 3.05) is 19.7 Å². The Morgan fingerprint density at radius 3 is 2.71 bits per heavy atom. The topological polar surface area (TPSA) is 89.4 Å². The average Bonchev–Trinajstić information content (AvgIpc) is 3.39. The molecule has 3 aromatic rings. The fourth-order valence-corrected chi connectivity index (χ4v) is 3.95. The normalized spacial score (nSPS) is 13.6. The average molecular weight is 422 g/mol. The molecular formula is C23H27N5O3. The summed E-state index contributed by atoms with van der Waals surface area (Å²) in [6, 6.07) is 9.36. The summed E-state index contributed by atoms with van der Waals surface area (Å²) in [5, 5.41) is 8.02. The molecule has 31 heavy (non-hydrogen) atoms. The van der Waals surface area contributed by atoms with E-state index in [0.717, 1.165) is 53.8 Å². The number of benzene rings is 1. The van der Waals surface area contributed by atoms with Crippen LogP contribution in [0.25, 0.3) is 11.0 Å². The predicted octanol–water partition coefficient (Wildman–Crippen LogP) is 2.52. The molecule has 0 atom stereocenters. The van der Waals surface area contributed by atoms with Gasteiger partial charge in [-0.15, -0.1) is 5.10 Å². The molecule has 1 aromatic carbocycles. The molecule has 1 aliphatic heterocycles. The molecule has 1 aliphatic rings. The van der Waals surface area contributed by atoms with E-state index in [1.807, 2.05) is 49.1 Å². The molecule has 2 amide bonds. The van der Waals surface area contributed by atoms with E-state index in [1.54, 1.807) is 11.7 Å².